The van der Waals surface area contributed by atoms with Crippen LogP contribution < -0.4 is 5.56 Å². The van der Waals surface area contributed by atoms with Crippen LogP contribution in [-0.2, 0) is 5.75 Å². The molecule has 1 aromatic heterocycles. The summed E-state index contributed by atoms with van der Waals surface area (Å²) in [6.07, 6.45) is 0. The van der Waals surface area contributed by atoms with Crippen LogP contribution >= 0.6 is 11.8 Å². The van der Waals surface area contributed by atoms with Crippen LogP contribution in [0.15, 0.2) is 40.0 Å². The fourth-order valence-electron chi connectivity index (χ4n) is 1.96. The summed E-state index contributed by atoms with van der Waals surface area (Å²) in [5, 5.41) is 8.84. The third kappa shape index (κ3) is 1.56. The first-order valence-electron chi connectivity index (χ1n) is 5.18. The Bertz CT molecular complexity index is 697. The van der Waals surface area contributed by atoms with Gasteiger partial charge < -0.3 is 4.98 Å². The maximum absolute atomic E-state index is 11.6. The Hall–Kier alpha value is -1.99. The van der Waals surface area contributed by atoms with E-state index in [1.54, 1.807) is 17.8 Å². The van der Waals surface area contributed by atoms with Crippen LogP contribution in [0.25, 0.3) is 11.3 Å². The number of hydrogen-bond donors (Lipinski definition) is 1. The number of nitrogens with zero attached hydrogens (tertiary/aromatic N) is 1. The maximum atomic E-state index is 11.6. The predicted octanol–water partition coefficient (Wildman–Crippen LogP) is 2.52. The van der Waals surface area contributed by atoms with Crippen molar-refractivity contribution in [1.29, 1.82) is 5.26 Å². The number of thioether (sulfide) groups is 1. The molecule has 3 nitrogen and oxygen atoms in total. The number of H-pyrrole nitrogens is 1. The van der Waals surface area contributed by atoms with Crippen LogP contribution in [0.4, 0.5) is 0 Å². The third-order valence-corrected chi connectivity index (χ3v) is 3.91. The van der Waals surface area contributed by atoms with Gasteiger partial charge in [-0.2, -0.15) is 5.26 Å². The zero-order chi connectivity index (χ0) is 11.8. The number of benzene rings is 1. The third-order valence-electron chi connectivity index (χ3n) is 2.78. The van der Waals surface area contributed by atoms with E-state index in [0.717, 1.165) is 22.6 Å². The van der Waals surface area contributed by atoms with Gasteiger partial charge in [0, 0.05) is 16.2 Å². The van der Waals surface area contributed by atoms with Gasteiger partial charge in [0.05, 0.1) is 5.69 Å². The molecule has 0 amide bonds. The molecule has 0 bridgehead atoms. The Labute approximate surface area is 102 Å². The molecule has 17 heavy (non-hydrogen) atoms. The smallest absolute Gasteiger partial charge is 0.266 e. The fourth-order valence-corrected chi connectivity index (χ4v) is 3.00. The summed E-state index contributed by atoms with van der Waals surface area (Å²) in [4.78, 5) is 15.6. The lowest BCUT2D eigenvalue weighted by Gasteiger charge is -2.18. The van der Waals surface area contributed by atoms with Crippen molar-refractivity contribution in [2.75, 3.05) is 0 Å². The Balaban J connectivity index is 2.31. The van der Waals surface area contributed by atoms with Crippen molar-refractivity contribution in [2.45, 2.75) is 10.6 Å². The summed E-state index contributed by atoms with van der Waals surface area (Å²) in [6.45, 7) is 0. The molecule has 4 heteroatoms. The van der Waals surface area contributed by atoms with Crippen molar-refractivity contribution in [3.8, 4) is 17.3 Å². The van der Waals surface area contributed by atoms with Gasteiger partial charge in [0.2, 0.25) is 0 Å². The zero-order valence-electron chi connectivity index (χ0n) is 8.86. The lowest BCUT2D eigenvalue weighted by Crippen LogP contribution is -2.14. The molecule has 1 aromatic carbocycles. The highest BCUT2D eigenvalue weighted by molar-refractivity contribution is 7.98. The van der Waals surface area contributed by atoms with Gasteiger partial charge in [0.1, 0.15) is 11.6 Å². The summed E-state index contributed by atoms with van der Waals surface area (Å²) < 4.78 is 0. The Morgan fingerprint density at radius 3 is 3.00 bits per heavy atom. The first-order chi connectivity index (χ1) is 8.29. The van der Waals surface area contributed by atoms with Crippen molar-refractivity contribution < 1.29 is 0 Å². The molecule has 0 fully saturated rings. The number of aromatic nitrogens is 1. The van der Waals surface area contributed by atoms with E-state index in [1.807, 2.05) is 30.3 Å². The van der Waals surface area contributed by atoms with Gasteiger partial charge in [-0.15, -0.1) is 11.8 Å². The second kappa shape index (κ2) is 3.79. The Morgan fingerprint density at radius 1 is 1.35 bits per heavy atom. The first-order valence-corrected chi connectivity index (χ1v) is 6.16. The molecule has 82 valence electrons. The number of pyridine rings is 1. The fraction of sp³-hybridized carbons (Fsp3) is 0.0769. The molecule has 0 spiro atoms. The first kappa shape index (κ1) is 10.2. The molecule has 2 heterocycles. The molecule has 0 saturated carbocycles. The van der Waals surface area contributed by atoms with Gasteiger partial charge in [0.15, 0.2) is 0 Å². The highest BCUT2D eigenvalue weighted by Gasteiger charge is 2.18. The highest BCUT2D eigenvalue weighted by atomic mass is 32.2. The quantitative estimate of drug-likeness (QED) is 0.769. The molecule has 1 aliphatic rings. The van der Waals surface area contributed by atoms with E-state index in [1.165, 1.54) is 4.90 Å². The van der Waals surface area contributed by atoms with Crippen molar-refractivity contribution in [3.05, 3.63) is 51.8 Å². The van der Waals surface area contributed by atoms with Gasteiger partial charge in [-0.1, -0.05) is 18.2 Å². The van der Waals surface area contributed by atoms with Crippen LogP contribution in [0.1, 0.15) is 11.1 Å². The maximum Gasteiger partial charge on any atom is 0.266 e. The van der Waals surface area contributed by atoms with Crippen LogP contribution in [-0.4, -0.2) is 4.98 Å². The molecule has 0 saturated heterocycles. The van der Waals surface area contributed by atoms with Crippen molar-refractivity contribution in [2.24, 2.45) is 0 Å². The number of fused-ring (bicyclic) bond motifs is 3. The van der Waals surface area contributed by atoms with E-state index in [2.05, 4.69) is 4.98 Å². The normalized spacial score (nSPS) is 12.4. The lowest BCUT2D eigenvalue weighted by molar-refractivity contribution is 1.15. The summed E-state index contributed by atoms with van der Waals surface area (Å²) in [5.41, 5.74) is 2.78. The average Bonchev–Trinajstić information content (AvgIpc) is 2.38. The van der Waals surface area contributed by atoms with E-state index in [0.29, 0.717) is 0 Å². The molecule has 2 aromatic rings. The molecule has 0 atom stereocenters. The monoisotopic (exact) mass is 240 g/mol. The number of rotatable bonds is 0. The van der Waals surface area contributed by atoms with Gasteiger partial charge in [-0.3, -0.25) is 4.79 Å². The molecule has 1 N–H and O–H groups in total. The van der Waals surface area contributed by atoms with Crippen molar-refractivity contribution in [3.63, 3.8) is 0 Å². The number of aromatic amines is 1. The second-order valence-corrected chi connectivity index (χ2v) is 4.83. The van der Waals surface area contributed by atoms with Crippen LogP contribution in [0.3, 0.4) is 0 Å². The Kier molecular flexibility index (Phi) is 2.27. The minimum atomic E-state index is -0.312. The summed E-state index contributed by atoms with van der Waals surface area (Å²) in [6, 6.07) is 11.6. The predicted molar refractivity (Wildman–Crippen MR) is 66.8 cm³/mol. The topological polar surface area (TPSA) is 56.6 Å². The molecule has 0 radical (unpaired) electrons. The summed E-state index contributed by atoms with van der Waals surface area (Å²) in [7, 11) is 0. The van der Waals surface area contributed by atoms with Crippen LogP contribution in [0.2, 0.25) is 0 Å². The number of hydrogen-bond acceptors (Lipinski definition) is 3. The van der Waals surface area contributed by atoms with E-state index in [4.69, 9.17) is 5.26 Å². The largest absolute Gasteiger partial charge is 0.320 e. The van der Waals surface area contributed by atoms with E-state index in [9.17, 15) is 4.79 Å². The Morgan fingerprint density at radius 2 is 2.18 bits per heavy atom. The summed E-state index contributed by atoms with van der Waals surface area (Å²) >= 11 is 1.72. The average molecular weight is 240 g/mol. The van der Waals surface area contributed by atoms with Crippen molar-refractivity contribution in [1.82, 2.24) is 4.98 Å². The SMILES string of the molecule is N#Cc1cc2c([nH]c1=O)-c1ccccc1SC2. The number of nitrogens with one attached hydrogen (secondary N) is 1. The van der Waals surface area contributed by atoms with Gasteiger partial charge >= 0.3 is 0 Å². The van der Waals surface area contributed by atoms with Crippen molar-refractivity contribution >= 4 is 11.8 Å². The molecule has 1 aliphatic heterocycles. The molecular weight excluding hydrogens is 232 g/mol. The van der Waals surface area contributed by atoms with E-state index >= 15 is 0 Å². The second-order valence-electron chi connectivity index (χ2n) is 3.81. The molecular formula is C13H8N2OS. The lowest BCUT2D eigenvalue weighted by atomic mass is 10.0. The summed E-state index contributed by atoms with van der Waals surface area (Å²) in [5.74, 6) is 0.789. The molecule has 0 aliphatic carbocycles. The standard InChI is InChI=1S/C13H8N2OS/c14-6-8-5-9-7-17-11-4-2-1-3-10(11)12(9)15-13(8)16/h1-5H,7H2,(H,15,16). The van der Waals surface area contributed by atoms with Crippen LogP contribution in [0.5, 0.6) is 0 Å². The molecule has 3 rings (SSSR count). The van der Waals surface area contributed by atoms with E-state index in [-0.39, 0.29) is 11.1 Å². The number of nitriles is 1. The van der Waals surface area contributed by atoms with E-state index < -0.39 is 0 Å². The van der Waals surface area contributed by atoms with Crippen LogP contribution in [0, 0.1) is 11.3 Å². The van der Waals surface area contributed by atoms with Gasteiger partial charge in [-0.25, -0.2) is 0 Å². The minimum Gasteiger partial charge on any atom is -0.320 e. The highest BCUT2D eigenvalue weighted by Crippen LogP contribution is 2.39. The zero-order valence-corrected chi connectivity index (χ0v) is 9.67. The minimum absolute atomic E-state index is 0.184. The van der Waals surface area contributed by atoms with Gasteiger partial charge in [0.25, 0.3) is 5.56 Å². The molecule has 0 unspecified atom stereocenters. The van der Waals surface area contributed by atoms with Gasteiger partial charge in [-0.05, 0) is 17.7 Å².